The number of allylic oxidation sites excluding steroid dienone is 3. The molecule has 29 heavy (non-hydrogen) atoms. The standard InChI is InChI=1S/C24H31N3O2/c1-6-10-18-15-19(24(28)26(5)13-14-29-7-2)16-27-21-12-9-8-11-20(21)17(3)23(27)22(18)25-4/h8-12,15H,6-7,13-14,16H2,1-5H3/b18-10-,25-22?. The maximum Gasteiger partial charge on any atom is 0.251 e. The van der Waals surface area contributed by atoms with Gasteiger partial charge in [-0.1, -0.05) is 31.2 Å². The van der Waals surface area contributed by atoms with Gasteiger partial charge in [0, 0.05) is 43.7 Å². The summed E-state index contributed by atoms with van der Waals surface area (Å²) in [6.07, 6.45) is 5.06. The molecule has 2 aromatic rings. The molecule has 0 bridgehead atoms. The number of likely N-dealkylation sites (N-methyl/N-ethyl adjacent to an activating group) is 1. The maximum absolute atomic E-state index is 13.3. The molecule has 2 heterocycles. The minimum atomic E-state index is 0.0328. The molecule has 1 aromatic carbocycles. The van der Waals surface area contributed by atoms with E-state index in [2.05, 4.69) is 47.7 Å². The largest absolute Gasteiger partial charge is 0.380 e. The van der Waals surface area contributed by atoms with Crippen molar-refractivity contribution in [1.29, 1.82) is 0 Å². The van der Waals surface area contributed by atoms with Gasteiger partial charge in [0.05, 0.1) is 24.6 Å². The Morgan fingerprint density at radius 3 is 2.76 bits per heavy atom. The number of aryl methyl sites for hydroxylation is 1. The molecule has 0 atom stereocenters. The first-order valence-corrected chi connectivity index (χ1v) is 10.3. The molecule has 0 unspecified atom stereocenters. The molecule has 0 saturated carbocycles. The van der Waals surface area contributed by atoms with Crippen LogP contribution in [-0.2, 0) is 16.1 Å². The number of amides is 1. The summed E-state index contributed by atoms with van der Waals surface area (Å²) in [6.45, 7) is 8.52. The summed E-state index contributed by atoms with van der Waals surface area (Å²) in [5.74, 6) is 0.0328. The lowest BCUT2D eigenvalue weighted by molar-refractivity contribution is -0.126. The van der Waals surface area contributed by atoms with Gasteiger partial charge in [0.1, 0.15) is 0 Å². The number of aromatic nitrogens is 1. The number of hydrogen-bond acceptors (Lipinski definition) is 3. The zero-order valence-corrected chi connectivity index (χ0v) is 18.2. The Morgan fingerprint density at radius 2 is 2.07 bits per heavy atom. The molecule has 0 fully saturated rings. The zero-order valence-electron chi connectivity index (χ0n) is 18.2. The summed E-state index contributed by atoms with van der Waals surface area (Å²) < 4.78 is 7.67. The van der Waals surface area contributed by atoms with Gasteiger partial charge in [0.2, 0.25) is 0 Å². The lowest BCUT2D eigenvalue weighted by Crippen LogP contribution is -2.32. The minimum Gasteiger partial charge on any atom is -0.380 e. The second-order valence-electron chi connectivity index (χ2n) is 7.31. The lowest BCUT2D eigenvalue weighted by Gasteiger charge is -2.19. The van der Waals surface area contributed by atoms with E-state index < -0.39 is 0 Å². The summed E-state index contributed by atoms with van der Waals surface area (Å²) in [4.78, 5) is 19.7. The maximum atomic E-state index is 13.3. The van der Waals surface area contributed by atoms with E-state index in [1.54, 1.807) is 4.90 Å². The van der Waals surface area contributed by atoms with Gasteiger partial charge in [-0.05, 0) is 43.5 Å². The highest BCUT2D eigenvalue weighted by atomic mass is 16.5. The smallest absolute Gasteiger partial charge is 0.251 e. The molecule has 0 radical (unpaired) electrons. The fourth-order valence-electron chi connectivity index (χ4n) is 3.99. The first-order chi connectivity index (χ1) is 14.0. The second kappa shape index (κ2) is 9.23. The summed E-state index contributed by atoms with van der Waals surface area (Å²) in [5.41, 5.74) is 6.17. The average Bonchev–Trinajstić information content (AvgIpc) is 2.89. The molecule has 154 valence electrons. The predicted molar refractivity (Wildman–Crippen MR) is 120 cm³/mol. The molecule has 1 aliphatic heterocycles. The molecular weight excluding hydrogens is 362 g/mol. The monoisotopic (exact) mass is 393 g/mol. The van der Waals surface area contributed by atoms with Gasteiger partial charge in [-0.3, -0.25) is 9.79 Å². The van der Waals surface area contributed by atoms with Crippen molar-refractivity contribution in [3.63, 3.8) is 0 Å². The highest BCUT2D eigenvalue weighted by molar-refractivity contribution is 6.18. The number of aliphatic imine (C=N–C) groups is 1. The van der Waals surface area contributed by atoms with E-state index in [0.717, 1.165) is 34.5 Å². The van der Waals surface area contributed by atoms with Crippen LogP contribution < -0.4 is 0 Å². The third-order valence-electron chi connectivity index (χ3n) is 5.42. The molecule has 0 N–H and O–H groups in total. The van der Waals surface area contributed by atoms with Gasteiger partial charge < -0.3 is 14.2 Å². The molecule has 0 spiro atoms. The van der Waals surface area contributed by atoms with E-state index >= 15 is 0 Å². The number of fused-ring (bicyclic) bond motifs is 3. The molecule has 5 heteroatoms. The Balaban J connectivity index is 2.12. The van der Waals surface area contributed by atoms with Gasteiger partial charge in [-0.15, -0.1) is 0 Å². The highest BCUT2D eigenvalue weighted by Crippen LogP contribution is 2.32. The fraction of sp³-hybridized carbons (Fsp3) is 0.417. The number of ether oxygens (including phenoxy) is 1. The Labute approximate surface area is 173 Å². The Morgan fingerprint density at radius 1 is 1.31 bits per heavy atom. The minimum absolute atomic E-state index is 0.0328. The van der Waals surface area contributed by atoms with Gasteiger partial charge in [0.15, 0.2) is 0 Å². The summed E-state index contributed by atoms with van der Waals surface area (Å²) in [5, 5.41) is 1.21. The van der Waals surface area contributed by atoms with Crippen molar-refractivity contribution in [1.82, 2.24) is 9.47 Å². The van der Waals surface area contributed by atoms with Crippen molar-refractivity contribution in [2.24, 2.45) is 4.99 Å². The third kappa shape index (κ3) is 4.06. The molecule has 1 aliphatic rings. The van der Waals surface area contributed by atoms with Crippen LogP contribution >= 0.6 is 0 Å². The summed E-state index contributed by atoms with van der Waals surface area (Å²) >= 11 is 0. The van der Waals surface area contributed by atoms with Crippen LogP contribution in [0.4, 0.5) is 0 Å². The van der Waals surface area contributed by atoms with Crippen molar-refractivity contribution in [3.05, 3.63) is 58.8 Å². The number of para-hydroxylation sites is 1. The van der Waals surface area contributed by atoms with Crippen LogP contribution in [0.3, 0.4) is 0 Å². The Hall–Kier alpha value is -2.66. The third-order valence-corrected chi connectivity index (χ3v) is 5.42. The van der Waals surface area contributed by atoms with Crippen molar-refractivity contribution in [2.45, 2.75) is 33.7 Å². The number of hydrogen-bond donors (Lipinski definition) is 0. The number of nitrogens with zero attached hydrogens (tertiary/aromatic N) is 3. The van der Waals surface area contributed by atoms with Crippen LogP contribution in [0.5, 0.6) is 0 Å². The average molecular weight is 394 g/mol. The first-order valence-electron chi connectivity index (χ1n) is 10.3. The van der Waals surface area contributed by atoms with Crippen LogP contribution in [0.25, 0.3) is 10.9 Å². The SMILES string of the molecule is CC/C=C1/C=C(C(=O)N(C)CCOCC)Cn2c(c(C)c3ccccc32)C1=NC. The van der Waals surface area contributed by atoms with Crippen molar-refractivity contribution in [2.75, 3.05) is 33.9 Å². The molecule has 0 aliphatic carbocycles. The van der Waals surface area contributed by atoms with E-state index in [4.69, 9.17) is 4.74 Å². The van der Waals surface area contributed by atoms with E-state index in [0.29, 0.717) is 26.3 Å². The second-order valence-corrected chi connectivity index (χ2v) is 7.31. The number of benzene rings is 1. The van der Waals surface area contributed by atoms with Gasteiger partial charge in [-0.2, -0.15) is 0 Å². The zero-order chi connectivity index (χ0) is 21.0. The molecule has 5 nitrogen and oxygen atoms in total. The van der Waals surface area contributed by atoms with E-state index in [9.17, 15) is 4.79 Å². The number of carbonyl (C=O) groups excluding carboxylic acids is 1. The quantitative estimate of drug-likeness (QED) is 0.693. The molecule has 0 saturated heterocycles. The number of rotatable bonds is 6. The molecule has 1 amide bonds. The fourth-order valence-corrected chi connectivity index (χ4v) is 3.99. The Kier molecular flexibility index (Phi) is 6.70. The summed E-state index contributed by atoms with van der Waals surface area (Å²) in [6, 6.07) is 8.37. The van der Waals surface area contributed by atoms with Crippen LogP contribution in [0.15, 0.2) is 52.6 Å². The van der Waals surface area contributed by atoms with Crippen LogP contribution in [0.1, 0.15) is 31.5 Å². The number of carbonyl (C=O) groups is 1. The first kappa shape index (κ1) is 21.1. The summed E-state index contributed by atoms with van der Waals surface area (Å²) in [7, 11) is 3.67. The highest BCUT2D eigenvalue weighted by Gasteiger charge is 2.27. The lowest BCUT2D eigenvalue weighted by atomic mass is 10.0. The van der Waals surface area contributed by atoms with Crippen molar-refractivity contribution < 1.29 is 9.53 Å². The van der Waals surface area contributed by atoms with Crippen LogP contribution in [0, 0.1) is 6.92 Å². The van der Waals surface area contributed by atoms with Gasteiger partial charge >= 0.3 is 0 Å². The topological polar surface area (TPSA) is 46.8 Å². The molecular formula is C24H31N3O2. The van der Waals surface area contributed by atoms with Gasteiger partial charge in [0.25, 0.3) is 5.91 Å². The Bertz CT molecular complexity index is 995. The van der Waals surface area contributed by atoms with E-state index in [-0.39, 0.29) is 5.91 Å². The van der Waals surface area contributed by atoms with Crippen molar-refractivity contribution in [3.8, 4) is 0 Å². The van der Waals surface area contributed by atoms with Crippen LogP contribution in [-0.4, -0.2) is 54.9 Å². The van der Waals surface area contributed by atoms with E-state index in [1.165, 1.54) is 10.9 Å². The molecule has 1 aromatic heterocycles. The predicted octanol–water partition coefficient (Wildman–Crippen LogP) is 4.14. The van der Waals surface area contributed by atoms with Crippen LogP contribution in [0.2, 0.25) is 0 Å². The molecule has 3 rings (SSSR count). The van der Waals surface area contributed by atoms with E-state index in [1.807, 2.05) is 33.2 Å². The normalized spacial score (nSPS) is 16.8. The van der Waals surface area contributed by atoms with Crippen molar-refractivity contribution >= 4 is 22.5 Å². The van der Waals surface area contributed by atoms with Gasteiger partial charge in [-0.25, -0.2) is 0 Å².